The SMILES string of the molecule is CCC[C@@H](C)NC(=O)c1cnn2c(NC)cc(Nc3cccn(C4COC4)c3=O)nc12.CO. The first kappa shape index (κ1) is 24.2. The van der Waals surface area contributed by atoms with Gasteiger partial charge in [0.1, 0.15) is 22.9 Å². The lowest BCUT2D eigenvalue weighted by Crippen LogP contribution is -2.37. The van der Waals surface area contributed by atoms with E-state index < -0.39 is 0 Å². The maximum Gasteiger partial charge on any atom is 0.274 e. The van der Waals surface area contributed by atoms with Gasteiger partial charge in [0.15, 0.2) is 5.65 Å². The number of fused-ring (bicyclic) bond motifs is 1. The van der Waals surface area contributed by atoms with Crippen LogP contribution in [0.15, 0.2) is 35.4 Å². The van der Waals surface area contributed by atoms with Gasteiger partial charge in [-0.15, -0.1) is 0 Å². The van der Waals surface area contributed by atoms with Crippen LogP contribution in [0.1, 0.15) is 43.1 Å². The predicted molar refractivity (Wildman–Crippen MR) is 126 cm³/mol. The molecule has 3 aromatic rings. The van der Waals surface area contributed by atoms with Crippen LogP contribution in [-0.4, -0.2) is 63.6 Å². The molecule has 4 heterocycles. The Balaban J connectivity index is 0.00000149. The minimum absolute atomic E-state index is 0.0489. The summed E-state index contributed by atoms with van der Waals surface area (Å²) >= 11 is 0. The Morgan fingerprint density at radius 1 is 1.36 bits per heavy atom. The third-order valence-electron chi connectivity index (χ3n) is 5.32. The van der Waals surface area contributed by atoms with Crippen LogP contribution in [0.4, 0.5) is 17.3 Å². The number of aliphatic hydroxyl groups is 1. The Labute approximate surface area is 191 Å². The summed E-state index contributed by atoms with van der Waals surface area (Å²) in [4.78, 5) is 30.2. The van der Waals surface area contributed by atoms with Crippen molar-refractivity contribution in [3.63, 3.8) is 0 Å². The lowest BCUT2D eigenvalue weighted by atomic mass is 10.2. The minimum atomic E-state index is -0.227. The number of hydrogen-bond donors (Lipinski definition) is 4. The second-order valence-corrected chi connectivity index (χ2v) is 7.68. The number of carbonyl (C=O) groups excluding carboxylic acids is 1. The van der Waals surface area contributed by atoms with E-state index in [1.165, 1.54) is 6.20 Å². The average Bonchev–Trinajstić information content (AvgIpc) is 3.20. The molecule has 1 aliphatic rings. The smallest absolute Gasteiger partial charge is 0.274 e. The second-order valence-electron chi connectivity index (χ2n) is 7.68. The molecule has 0 unspecified atom stereocenters. The van der Waals surface area contributed by atoms with E-state index in [0.717, 1.165) is 20.0 Å². The molecule has 1 amide bonds. The normalized spacial score (nSPS) is 14.1. The molecule has 0 aromatic carbocycles. The molecular weight excluding hydrogens is 426 g/mol. The zero-order chi connectivity index (χ0) is 24.0. The average molecular weight is 458 g/mol. The fraction of sp³-hybridized carbons (Fsp3) is 0.455. The van der Waals surface area contributed by atoms with Gasteiger partial charge in [-0.3, -0.25) is 9.59 Å². The van der Waals surface area contributed by atoms with Gasteiger partial charge in [-0.05, 0) is 25.5 Å². The lowest BCUT2D eigenvalue weighted by Gasteiger charge is -2.28. The first-order chi connectivity index (χ1) is 16.0. The van der Waals surface area contributed by atoms with Gasteiger partial charge in [0, 0.05) is 32.5 Å². The van der Waals surface area contributed by atoms with Crippen molar-refractivity contribution < 1.29 is 14.6 Å². The Kier molecular flexibility index (Phi) is 8.01. The van der Waals surface area contributed by atoms with Gasteiger partial charge in [0.25, 0.3) is 11.5 Å². The zero-order valence-corrected chi connectivity index (χ0v) is 19.3. The molecule has 1 aliphatic heterocycles. The highest BCUT2D eigenvalue weighted by Gasteiger charge is 2.22. The van der Waals surface area contributed by atoms with Crippen LogP contribution in [0.3, 0.4) is 0 Å². The number of amides is 1. The lowest BCUT2D eigenvalue weighted by molar-refractivity contribution is -0.0247. The number of pyridine rings is 1. The molecule has 0 spiro atoms. The third-order valence-corrected chi connectivity index (χ3v) is 5.32. The molecule has 33 heavy (non-hydrogen) atoms. The summed E-state index contributed by atoms with van der Waals surface area (Å²) in [7, 11) is 2.76. The monoisotopic (exact) mass is 457 g/mol. The van der Waals surface area contributed by atoms with E-state index in [0.29, 0.717) is 41.7 Å². The maximum absolute atomic E-state index is 12.9. The molecule has 1 saturated heterocycles. The third kappa shape index (κ3) is 5.15. The molecular formula is C22H31N7O4. The van der Waals surface area contributed by atoms with Gasteiger partial charge < -0.3 is 30.4 Å². The van der Waals surface area contributed by atoms with E-state index in [1.54, 1.807) is 34.5 Å². The van der Waals surface area contributed by atoms with Crippen molar-refractivity contribution in [2.24, 2.45) is 0 Å². The molecule has 11 nitrogen and oxygen atoms in total. The van der Waals surface area contributed by atoms with E-state index in [1.807, 2.05) is 13.0 Å². The highest BCUT2D eigenvalue weighted by atomic mass is 16.5. The fourth-order valence-corrected chi connectivity index (χ4v) is 3.59. The van der Waals surface area contributed by atoms with Crippen molar-refractivity contribution in [1.82, 2.24) is 24.5 Å². The zero-order valence-electron chi connectivity index (χ0n) is 19.3. The molecule has 1 fully saturated rings. The van der Waals surface area contributed by atoms with Crippen LogP contribution >= 0.6 is 0 Å². The number of aliphatic hydroxyl groups excluding tert-OH is 1. The van der Waals surface area contributed by atoms with Crippen molar-refractivity contribution in [2.45, 2.75) is 38.8 Å². The van der Waals surface area contributed by atoms with Crippen molar-refractivity contribution >= 4 is 28.9 Å². The molecule has 0 radical (unpaired) electrons. The summed E-state index contributed by atoms with van der Waals surface area (Å²) in [5.41, 5.74) is 1.03. The highest BCUT2D eigenvalue weighted by molar-refractivity contribution is 6.00. The number of anilines is 3. The molecule has 4 N–H and O–H groups in total. The summed E-state index contributed by atoms with van der Waals surface area (Å²) in [5, 5.41) is 20.5. The van der Waals surface area contributed by atoms with E-state index in [9.17, 15) is 9.59 Å². The van der Waals surface area contributed by atoms with Crippen LogP contribution in [0.5, 0.6) is 0 Å². The van der Waals surface area contributed by atoms with E-state index in [4.69, 9.17) is 9.84 Å². The Morgan fingerprint density at radius 3 is 2.76 bits per heavy atom. The van der Waals surface area contributed by atoms with Crippen LogP contribution < -0.4 is 21.5 Å². The molecule has 3 aromatic heterocycles. The van der Waals surface area contributed by atoms with Crippen LogP contribution in [-0.2, 0) is 4.74 Å². The molecule has 11 heteroatoms. The Bertz CT molecular complexity index is 1150. The van der Waals surface area contributed by atoms with Gasteiger partial charge in [-0.1, -0.05) is 13.3 Å². The number of nitrogens with zero attached hydrogens (tertiary/aromatic N) is 4. The number of aromatic nitrogens is 4. The highest BCUT2D eigenvalue weighted by Crippen LogP contribution is 2.22. The number of hydrogen-bond acceptors (Lipinski definition) is 8. The van der Waals surface area contributed by atoms with Crippen LogP contribution in [0.25, 0.3) is 5.65 Å². The number of rotatable bonds is 8. The first-order valence-electron chi connectivity index (χ1n) is 10.9. The van der Waals surface area contributed by atoms with Gasteiger partial charge in [-0.25, -0.2) is 4.98 Å². The molecule has 4 rings (SSSR count). The number of carbonyl (C=O) groups is 1. The second kappa shape index (κ2) is 10.9. The van der Waals surface area contributed by atoms with Crippen molar-refractivity contribution in [2.75, 3.05) is 38.0 Å². The first-order valence-corrected chi connectivity index (χ1v) is 10.9. The van der Waals surface area contributed by atoms with Gasteiger partial charge in [-0.2, -0.15) is 9.61 Å². The molecule has 0 saturated carbocycles. The Hall–Kier alpha value is -3.44. The van der Waals surface area contributed by atoms with Crippen molar-refractivity contribution in [3.8, 4) is 0 Å². The largest absolute Gasteiger partial charge is 0.400 e. The summed E-state index contributed by atoms with van der Waals surface area (Å²) in [6, 6.07) is 5.36. The quantitative estimate of drug-likeness (QED) is 0.402. The topological polar surface area (TPSA) is 135 Å². The predicted octanol–water partition coefficient (Wildman–Crippen LogP) is 1.77. The maximum atomic E-state index is 12.9. The fourth-order valence-electron chi connectivity index (χ4n) is 3.59. The number of ether oxygens (including phenoxy) is 1. The van der Waals surface area contributed by atoms with Gasteiger partial charge in [0.2, 0.25) is 0 Å². The van der Waals surface area contributed by atoms with Gasteiger partial charge in [0.05, 0.1) is 25.5 Å². The van der Waals surface area contributed by atoms with Crippen LogP contribution in [0, 0.1) is 0 Å². The van der Waals surface area contributed by atoms with E-state index in [-0.39, 0.29) is 23.6 Å². The van der Waals surface area contributed by atoms with Crippen LogP contribution in [0.2, 0.25) is 0 Å². The van der Waals surface area contributed by atoms with Gasteiger partial charge >= 0.3 is 0 Å². The number of nitrogens with one attached hydrogen (secondary N) is 3. The molecule has 1 atom stereocenters. The standard InChI is InChI=1S/C21H27N7O3.CH4O/c1-4-6-13(2)24-20(29)15-10-23-28-18(22-3)9-17(26-19(15)28)25-16-7-5-8-27(21(16)30)14-11-31-12-14;1-2/h5,7-10,13-14,22H,4,6,11-12H2,1-3H3,(H,24,29)(H,25,26);2H,1H3/t13-;/m1./s1. The summed E-state index contributed by atoms with van der Waals surface area (Å²) < 4.78 is 8.43. The van der Waals surface area contributed by atoms with E-state index >= 15 is 0 Å². The molecule has 0 bridgehead atoms. The molecule has 0 aliphatic carbocycles. The van der Waals surface area contributed by atoms with Crippen molar-refractivity contribution in [3.05, 3.63) is 46.5 Å². The summed E-state index contributed by atoms with van der Waals surface area (Å²) in [5.74, 6) is 0.847. The summed E-state index contributed by atoms with van der Waals surface area (Å²) in [6.45, 7) is 5.11. The Morgan fingerprint density at radius 2 is 2.12 bits per heavy atom. The summed E-state index contributed by atoms with van der Waals surface area (Å²) in [6.07, 6.45) is 5.13. The van der Waals surface area contributed by atoms with E-state index in [2.05, 4.69) is 33.0 Å². The molecule has 178 valence electrons. The van der Waals surface area contributed by atoms with Crippen molar-refractivity contribution in [1.29, 1.82) is 0 Å². The minimum Gasteiger partial charge on any atom is -0.400 e.